The molecule has 3 amide bonds. The molecule has 49 heavy (non-hydrogen) atoms. The monoisotopic (exact) mass is 716 g/mol. The Balaban J connectivity index is 2.66. The number of amides is 3. The number of rotatable bonds is 16. The molecule has 0 bridgehead atoms. The molecular formula is C31H47F3N6O8Si. The Morgan fingerprint density at radius 3 is 2.31 bits per heavy atom. The lowest BCUT2D eigenvalue weighted by Crippen LogP contribution is -2.37. The van der Waals surface area contributed by atoms with E-state index in [0.717, 1.165) is 19.2 Å². The van der Waals surface area contributed by atoms with Gasteiger partial charge in [0.15, 0.2) is 0 Å². The number of anilines is 2. The first-order valence-electron chi connectivity index (χ1n) is 15.5. The van der Waals surface area contributed by atoms with Crippen LogP contribution in [0.3, 0.4) is 0 Å². The van der Waals surface area contributed by atoms with E-state index < -0.39 is 50.0 Å². The minimum atomic E-state index is -5.22. The van der Waals surface area contributed by atoms with Gasteiger partial charge in [0.1, 0.15) is 18.2 Å². The van der Waals surface area contributed by atoms with Crippen LogP contribution in [0.5, 0.6) is 0 Å². The summed E-state index contributed by atoms with van der Waals surface area (Å²) in [4.78, 5) is 54.4. The van der Waals surface area contributed by atoms with E-state index in [4.69, 9.17) is 19.6 Å². The van der Waals surface area contributed by atoms with Crippen LogP contribution in [0, 0.1) is 0 Å². The summed E-state index contributed by atoms with van der Waals surface area (Å²) < 4.78 is 57.6. The molecule has 1 heterocycles. The van der Waals surface area contributed by atoms with Gasteiger partial charge in [0.05, 0.1) is 31.0 Å². The predicted octanol–water partition coefficient (Wildman–Crippen LogP) is 5.90. The number of halogens is 3. The van der Waals surface area contributed by atoms with Crippen molar-refractivity contribution in [3.05, 3.63) is 30.2 Å². The Morgan fingerprint density at radius 1 is 1.06 bits per heavy atom. The fourth-order valence-electron chi connectivity index (χ4n) is 4.26. The van der Waals surface area contributed by atoms with E-state index in [-0.39, 0.29) is 54.6 Å². The number of aliphatic carboxylic acids is 1. The van der Waals surface area contributed by atoms with E-state index >= 15 is 0 Å². The molecule has 0 fully saturated rings. The second kappa shape index (κ2) is 17.5. The van der Waals surface area contributed by atoms with Gasteiger partial charge in [-0.25, -0.2) is 14.6 Å². The number of hydrogen-bond acceptors (Lipinski definition) is 9. The summed E-state index contributed by atoms with van der Waals surface area (Å²) in [5.74, 6) is -2.94. The van der Waals surface area contributed by atoms with Crippen LogP contribution in [0.2, 0.25) is 25.7 Å². The number of aromatic nitrogens is 2. The van der Waals surface area contributed by atoms with E-state index in [9.17, 15) is 32.3 Å². The summed E-state index contributed by atoms with van der Waals surface area (Å²) in [6.07, 6.45) is -5.19. The summed E-state index contributed by atoms with van der Waals surface area (Å²) in [5.41, 5.74) is -0.904. The maximum Gasteiger partial charge on any atom is 0.471 e. The maximum atomic E-state index is 13.3. The Kier molecular flexibility index (Phi) is 14.6. The number of carbonyl (C=O) groups is 4. The van der Waals surface area contributed by atoms with E-state index in [2.05, 4.69) is 35.0 Å². The Hall–Kier alpha value is -4.16. The molecule has 0 aliphatic carbocycles. The van der Waals surface area contributed by atoms with Crippen LogP contribution >= 0.6 is 0 Å². The van der Waals surface area contributed by atoms with E-state index in [0.29, 0.717) is 13.2 Å². The van der Waals surface area contributed by atoms with Crippen LogP contribution in [0.15, 0.2) is 24.4 Å². The van der Waals surface area contributed by atoms with Gasteiger partial charge in [-0.3, -0.25) is 14.9 Å². The highest BCUT2D eigenvalue weighted by Crippen LogP contribution is 2.33. The summed E-state index contributed by atoms with van der Waals surface area (Å²) in [6.45, 7) is 12.6. The zero-order chi connectivity index (χ0) is 37.2. The number of benzene rings is 1. The third-order valence-corrected chi connectivity index (χ3v) is 8.48. The van der Waals surface area contributed by atoms with Crippen molar-refractivity contribution in [2.24, 2.45) is 0 Å². The number of carboxylic acids is 1. The van der Waals surface area contributed by atoms with E-state index in [1.165, 1.54) is 18.3 Å². The first kappa shape index (κ1) is 41.0. The van der Waals surface area contributed by atoms with Crippen LogP contribution in [0.1, 0.15) is 45.5 Å². The molecule has 2 rings (SSSR count). The molecule has 1 aromatic heterocycles. The van der Waals surface area contributed by atoms with Gasteiger partial charge in [-0.05, 0) is 58.5 Å². The van der Waals surface area contributed by atoms with Gasteiger partial charge in [-0.1, -0.05) is 19.6 Å². The van der Waals surface area contributed by atoms with Gasteiger partial charge in [0, 0.05) is 45.2 Å². The van der Waals surface area contributed by atoms with E-state index in [1.807, 2.05) is 5.32 Å². The molecule has 0 spiro atoms. The van der Waals surface area contributed by atoms with Crippen LogP contribution in [-0.4, -0.2) is 97.3 Å². The van der Waals surface area contributed by atoms with Gasteiger partial charge in [0.25, 0.3) is 0 Å². The summed E-state index contributed by atoms with van der Waals surface area (Å²) in [7, 11) is 1.37. The normalized spacial score (nSPS) is 12.7. The highest BCUT2D eigenvalue weighted by atomic mass is 28.3. The molecule has 4 N–H and O–H groups in total. The van der Waals surface area contributed by atoms with Gasteiger partial charge in [0.2, 0.25) is 0 Å². The highest BCUT2D eigenvalue weighted by Gasteiger charge is 2.39. The van der Waals surface area contributed by atoms with Crippen molar-refractivity contribution in [3.8, 4) is 11.3 Å². The highest BCUT2D eigenvalue weighted by molar-refractivity contribution is 6.76. The minimum Gasteiger partial charge on any atom is -0.481 e. The Morgan fingerprint density at radius 2 is 1.73 bits per heavy atom. The lowest BCUT2D eigenvalue weighted by Gasteiger charge is -2.25. The van der Waals surface area contributed by atoms with Crippen molar-refractivity contribution in [1.82, 2.24) is 19.8 Å². The largest absolute Gasteiger partial charge is 0.481 e. The minimum absolute atomic E-state index is 0.0274. The molecule has 0 aliphatic rings. The van der Waals surface area contributed by atoms with Crippen LogP contribution in [0.25, 0.3) is 11.3 Å². The third-order valence-electron chi connectivity index (χ3n) is 6.78. The zero-order valence-electron chi connectivity index (χ0n) is 29.1. The van der Waals surface area contributed by atoms with Crippen molar-refractivity contribution < 1.29 is 51.7 Å². The SMILES string of the molecule is COC(=O)Nc1ccc(-c2cn(COCC[Si](C)(C)C)c([C@H](CCN(C)CCC(=O)O)NC(=O)OC(C)(C)C)n2)c(NC(=O)C(F)(F)F)c1. The van der Waals surface area contributed by atoms with Crippen molar-refractivity contribution in [3.63, 3.8) is 0 Å². The van der Waals surface area contributed by atoms with Gasteiger partial charge in [-0.15, -0.1) is 0 Å². The topological polar surface area (TPSA) is 173 Å². The fourth-order valence-corrected chi connectivity index (χ4v) is 5.01. The molecule has 0 aliphatic heterocycles. The molecule has 0 saturated carbocycles. The number of alkyl carbamates (subject to hydrolysis) is 1. The molecular weight excluding hydrogens is 669 g/mol. The second-order valence-corrected chi connectivity index (χ2v) is 19.2. The number of methoxy groups -OCH3 is 1. The smallest absolute Gasteiger partial charge is 0.471 e. The second-order valence-electron chi connectivity index (χ2n) is 13.6. The molecule has 1 aromatic carbocycles. The van der Waals surface area contributed by atoms with Crippen LogP contribution in [-0.2, 0) is 30.5 Å². The van der Waals surface area contributed by atoms with Crippen LogP contribution in [0.4, 0.5) is 34.1 Å². The van der Waals surface area contributed by atoms with Gasteiger partial charge < -0.3 is 39.4 Å². The zero-order valence-corrected chi connectivity index (χ0v) is 30.1. The number of carbonyl (C=O) groups excluding carboxylic acids is 3. The molecule has 1 atom stereocenters. The first-order chi connectivity index (χ1) is 22.6. The average Bonchev–Trinajstić information content (AvgIpc) is 3.38. The lowest BCUT2D eigenvalue weighted by molar-refractivity contribution is -0.167. The molecule has 274 valence electrons. The number of nitrogens with zero attached hydrogens (tertiary/aromatic N) is 3. The van der Waals surface area contributed by atoms with E-state index in [1.54, 1.807) is 37.3 Å². The first-order valence-corrected chi connectivity index (χ1v) is 19.2. The summed E-state index contributed by atoms with van der Waals surface area (Å²) >= 11 is 0. The van der Waals surface area contributed by atoms with Crippen molar-refractivity contribution in [2.45, 2.75) is 83.8 Å². The predicted molar refractivity (Wildman–Crippen MR) is 179 cm³/mol. The van der Waals surface area contributed by atoms with Crippen molar-refractivity contribution in [2.75, 3.05) is 44.5 Å². The summed E-state index contributed by atoms with van der Waals surface area (Å²) in [5, 5.41) is 16.1. The molecule has 0 saturated heterocycles. The molecule has 0 unspecified atom stereocenters. The van der Waals surface area contributed by atoms with Crippen molar-refractivity contribution >= 4 is 43.5 Å². The number of hydrogen-bond donors (Lipinski definition) is 4. The Labute approximate surface area is 284 Å². The number of imidazole rings is 1. The molecule has 0 radical (unpaired) electrons. The fraction of sp³-hybridized carbons (Fsp3) is 0.581. The number of ether oxygens (including phenoxy) is 3. The molecule has 2 aromatic rings. The average molecular weight is 717 g/mol. The number of carboxylic acid groups (broad SMARTS) is 1. The maximum absolute atomic E-state index is 13.3. The standard InChI is InChI=1S/C31H47F3N6O8Si/c1-30(2,3)48-29(45)38-22(11-13-39(4)14-12-25(41)42)26-36-24(18-40(26)19-47-15-16-49(6,7)8)21-10-9-20(35-28(44)46-5)17-23(21)37-27(43)31(32,33)34/h9-10,17-18,22H,11-16,19H2,1-8H3,(H,35,44)(H,37,43)(H,38,45)(H,41,42)/t22-/m0/s1. The Bertz CT molecular complexity index is 1460. The van der Waals surface area contributed by atoms with Crippen LogP contribution < -0.4 is 16.0 Å². The van der Waals surface area contributed by atoms with Crippen molar-refractivity contribution in [1.29, 1.82) is 0 Å². The van der Waals surface area contributed by atoms with Gasteiger partial charge >= 0.3 is 30.2 Å². The van der Waals surface area contributed by atoms with Gasteiger partial charge in [-0.2, -0.15) is 13.2 Å². The third kappa shape index (κ3) is 14.9. The summed E-state index contributed by atoms with van der Waals surface area (Å²) in [6, 6.07) is 3.92. The number of alkyl halides is 3. The quantitative estimate of drug-likeness (QED) is 0.121. The lowest BCUT2D eigenvalue weighted by atomic mass is 10.1. The molecule has 14 nitrogen and oxygen atoms in total. The number of nitrogens with one attached hydrogen (secondary N) is 3. The molecule has 18 heteroatoms.